The van der Waals surface area contributed by atoms with Crippen molar-refractivity contribution in [1.82, 2.24) is 5.32 Å². The molecule has 0 radical (unpaired) electrons. The summed E-state index contributed by atoms with van der Waals surface area (Å²) in [5.74, 6) is 0.347. The summed E-state index contributed by atoms with van der Waals surface area (Å²) < 4.78 is 10.6. The highest BCUT2D eigenvalue weighted by Gasteiger charge is 2.08. The van der Waals surface area contributed by atoms with Gasteiger partial charge in [-0.25, -0.2) is 0 Å². The van der Waals surface area contributed by atoms with Crippen LogP contribution in [0.3, 0.4) is 0 Å². The first-order valence-electron chi connectivity index (χ1n) is 9.61. The molecule has 0 saturated carbocycles. The Bertz CT molecular complexity index is 972. The fourth-order valence-corrected chi connectivity index (χ4v) is 2.77. The van der Waals surface area contributed by atoms with Crippen LogP contribution in [0.2, 0.25) is 0 Å². The molecule has 0 aromatic heterocycles. The molecular formula is C24H24N2O4. The molecule has 3 aromatic carbocycles. The normalized spacial score (nSPS) is 10.3. The SMILES string of the molecule is COCCOc1cccc(CNC(=O)c2ccc(NC(=O)c3ccccc3)cc2)c1. The molecule has 0 saturated heterocycles. The van der Waals surface area contributed by atoms with Crippen LogP contribution in [0.15, 0.2) is 78.9 Å². The largest absolute Gasteiger partial charge is 0.491 e. The average molecular weight is 404 g/mol. The Balaban J connectivity index is 1.52. The van der Waals surface area contributed by atoms with Gasteiger partial charge < -0.3 is 20.1 Å². The summed E-state index contributed by atoms with van der Waals surface area (Å²) in [6, 6.07) is 23.3. The number of carbonyl (C=O) groups is 2. The zero-order valence-electron chi connectivity index (χ0n) is 16.8. The number of benzene rings is 3. The molecule has 0 aliphatic carbocycles. The Labute approximate surface area is 175 Å². The number of hydrogen-bond donors (Lipinski definition) is 2. The predicted octanol–water partition coefficient (Wildman–Crippen LogP) is 3.89. The van der Waals surface area contributed by atoms with Gasteiger partial charge in [-0.1, -0.05) is 30.3 Å². The van der Waals surface area contributed by atoms with E-state index in [4.69, 9.17) is 9.47 Å². The highest BCUT2D eigenvalue weighted by atomic mass is 16.5. The molecule has 0 spiro atoms. The van der Waals surface area contributed by atoms with Crippen LogP contribution < -0.4 is 15.4 Å². The number of amides is 2. The second-order valence-electron chi connectivity index (χ2n) is 6.57. The number of ether oxygens (including phenoxy) is 2. The van der Waals surface area contributed by atoms with Gasteiger partial charge in [0.15, 0.2) is 0 Å². The van der Waals surface area contributed by atoms with Gasteiger partial charge in [0.1, 0.15) is 12.4 Å². The number of rotatable bonds is 9. The minimum atomic E-state index is -0.194. The minimum Gasteiger partial charge on any atom is -0.491 e. The molecule has 6 heteroatoms. The summed E-state index contributed by atoms with van der Waals surface area (Å²) in [4.78, 5) is 24.6. The molecule has 0 unspecified atom stereocenters. The Morgan fingerprint density at radius 2 is 1.53 bits per heavy atom. The van der Waals surface area contributed by atoms with Gasteiger partial charge in [-0.3, -0.25) is 9.59 Å². The zero-order chi connectivity index (χ0) is 21.2. The maximum atomic E-state index is 12.4. The second kappa shape index (κ2) is 10.8. The van der Waals surface area contributed by atoms with Gasteiger partial charge in [0.25, 0.3) is 11.8 Å². The highest BCUT2D eigenvalue weighted by molar-refractivity contribution is 6.04. The first kappa shape index (κ1) is 21.1. The van der Waals surface area contributed by atoms with Crippen molar-refractivity contribution in [3.8, 4) is 5.75 Å². The molecule has 0 fully saturated rings. The molecule has 0 bridgehead atoms. The summed E-state index contributed by atoms with van der Waals surface area (Å²) in [6.07, 6.45) is 0. The summed E-state index contributed by atoms with van der Waals surface area (Å²) in [6.45, 7) is 1.37. The van der Waals surface area contributed by atoms with E-state index in [0.29, 0.717) is 36.6 Å². The van der Waals surface area contributed by atoms with Crippen molar-refractivity contribution < 1.29 is 19.1 Å². The highest BCUT2D eigenvalue weighted by Crippen LogP contribution is 2.14. The Hall–Kier alpha value is -3.64. The van der Waals surface area contributed by atoms with Crippen molar-refractivity contribution in [2.24, 2.45) is 0 Å². The lowest BCUT2D eigenvalue weighted by molar-refractivity contribution is 0.0950. The molecule has 3 rings (SSSR count). The maximum Gasteiger partial charge on any atom is 0.255 e. The van der Waals surface area contributed by atoms with E-state index in [0.717, 1.165) is 11.3 Å². The summed E-state index contributed by atoms with van der Waals surface area (Å²) in [5.41, 5.74) is 2.65. The smallest absolute Gasteiger partial charge is 0.255 e. The standard InChI is InChI=1S/C24H24N2O4/c1-29-14-15-30-22-9-5-6-18(16-22)17-25-23(27)20-10-12-21(13-11-20)26-24(28)19-7-3-2-4-8-19/h2-13,16H,14-15,17H2,1H3,(H,25,27)(H,26,28). The van der Waals surface area contributed by atoms with Crippen LogP contribution in [0.5, 0.6) is 5.75 Å². The third-order valence-electron chi connectivity index (χ3n) is 4.35. The van der Waals surface area contributed by atoms with E-state index in [1.807, 2.05) is 42.5 Å². The van der Waals surface area contributed by atoms with Crippen molar-refractivity contribution >= 4 is 17.5 Å². The van der Waals surface area contributed by atoms with E-state index < -0.39 is 0 Å². The van der Waals surface area contributed by atoms with Crippen molar-refractivity contribution in [2.75, 3.05) is 25.6 Å². The molecule has 2 amide bonds. The van der Waals surface area contributed by atoms with Crippen molar-refractivity contribution in [1.29, 1.82) is 0 Å². The summed E-state index contributed by atoms with van der Waals surface area (Å²) in [7, 11) is 1.62. The topological polar surface area (TPSA) is 76.7 Å². The molecule has 0 aliphatic heterocycles. The third kappa shape index (κ3) is 6.18. The van der Waals surface area contributed by atoms with Crippen molar-refractivity contribution in [3.05, 3.63) is 95.6 Å². The van der Waals surface area contributed by atoms with E-state index in [1.54, 1.807) is 43.5 Å². The van der Waals surface area contributed by atoms with Crippen LogP contribution in [0.4, 0.5) is 5.69 Å². The lowest BCUT2D eigenvalue weighted by atomic mass is 10.1. The number of carbonyl (C=O) groups excluding carboxylic acids is 2. The molecule has 0 heterocycles. The van der Waals surface area contributed by atoms with Gasteiger partial charge in [0.05, 0.1) is 6.61 Å². The lowest BCUT2D eigenvalue weighted by Gasteiger charge is -2.10. The fourth-order valence-electron chi connectivity index (χ4n) is 2.77. The van der Waals surface area contributed by atoms with Gasteiger partial charge >= 0.3 is 0 Å². The van der Waals surface area contributed by atoms with E-state index >= 15 is 0 Å². The molecule has 2 N–H and O–H groups in total. The number of methoxy groups -OCH3 is 1. The van der Waals surface area contributed by atoms with Gasteiger partial charge in [-0.15, -0.1) is 0 Å². The first-order chi connectivity index (χ1) is 14.7. The third-order valence-corrected chi connectivity index (χ3v) is 4.35. The van der Waals surface area contributed by atoms with E-state index in [-0.39, 0.29) is 11.8 Å². The molecule has 30 heavy (non-hydrogen) atoms. The second-order valence-corrected chi connectivity index (χ2v) is 6.57. The molecule has 6 nitrogen and oxygen atoms in total. The Morgan fingerprint density at radius 3 is 2.27 bits per heavy atom. The minimum absolute atomic E-state index is 0.193. The van der Waals surface area contributed by atoms with Crippen LogP contribution in [0.1, 0.15) is 26.3 Å². The van der Waals surface area contributed by atoms with E-state index in [1.165, 1.54) is 0 Å². The van der Waals surface area contributed by atoms with Gasteiger partial charge in [-0.2, -0.15) is 0 Å². The number of anilines is 1. The van der Waals surface area contributed by atoms with Crippen LogP contribution >= 0.6 is 0 Å². The molecular weight excluding hydrogens is 380 g/mol. The Morgan fingerprint density at radius 1 is 0.800 bits per heavy atom. The number of hydrogen-bond acceptors (Lipinski definition) is 4. The molecule has 154 valence electrons. The zero-order valence-corrected chi connectivity index (χ0v) is 16.8. The molecule has 0 atom stereocenters. The molecule has 3 aromatic rings. The van der Waals surface area contributed by atoms with Crippen LogP contribution in [0.25, 0.3) is 0 Å². The van der Waals surface area contributed by atoms with Crippen LogP contribution in [-0.2, 0) is 11.3 Å². The van der Waals surface area contributed by atoms with Gasteiger partial charge in [-0.05, 0) is 54.1 Å². The first-order valence-corrected chi connectivity index (χ1v) is 9.61. The quantitative estimate of drug-likeness (QED) is 0.531. The molecule has 0 aliphatic rings. The fraction of sp³-hybridized carbons (Fsp3) is 0.167. The maximum absolute atomic E-state index is 12.4. The number of nitrogens with one attached hydrogen (secondary N) is 2. The van der Waals surface area contributed by atoms with Gasteiger partial charge in [0.2, 0.25) is 0 Å². The summed E-state index contributed by atoms with van der Waals surface area (Å²) >= 11 is 0. The average Bonchev–Trinajstić information content (AvgIpc) is 2.79. The van der Waals surface area contributed by atoms with Gasteiger partial charge in [0, 0.05) is 30.5 Å². The van der Waals surface area contributed by atoms with E-state index in [9.17, 15) is 9.59 Å². The van der Waals surface area contributed by atoms with Crippen LogP contribution in [-0.4, -0.2) is 32.1 Å². The lowest BCUT2D eigenvalue weighted by Crippen LogP contribution is -2.22. The monoisotopic (exact) mass is 404 g/mol. The Kier molecular flexibility index (Phi) is 7.58. The summed E-state index contributed by atoms with van der Waals surface area (Å²) in [5, 5.41) is 5.71. The predicted molar refractivity (Wildman–Crippen MR) is 116 cm³/mol. The van der Waals surface area contributed by atoms with Crippen molar-refractivity contribution in [3.63, 3.8) is 0 Å². The van der Waals surface area contributed by atoms with E-state index in [2.05, 4.69) is 10.6 Å². The van der Waals surface area contributed by atoms with Crippen molar-refractivity contribution in [2.45, 2.75) is 6.54 Å². The van der Waals surface area contributed by atoms with Crippen LogP contribution in [0, 0.1) is 0 Å².